The van der Waals surface area contributed by atoms with Crippen LogP contribution in [0.2, 0.25) is 0 Å². The first-order valence-electron chi connectivity index (χ1n) is 29.7. The van der Waals surface area contributed by atoms with Gasteiger partial charge in [0.1, 0.15) is 13.2 Å². The molecule has 0 aromatic rings. The summed E-state index contributed by atoms with van der Waals surface area (Å²) in [5.41, 5.74) is 0. The fourth-order valence-corrected chi connectivity index (χ4v) is 9.23. The standard InChI is InChI=1S/C60H116O6/c1-6-7-8-9-10-11-12-13-14-15-16-17-18-19-26-32-37-42-47-52-60(63)66-57(54-65-59(62)51-46-41-36-31-27-22-24-29-34-39-44-49-56(4)5)53-64-58(61)50-45-40-35-30-25-21-20-23-28-33-38-43-48-55(2)3/h55-57H,6-54H2,1-5H3/t57-/m0/s1. The van der Waals surface area contributed by atoms with E-state index < -0.39 is 6.10 Å². The van der Waals surface area contributed by atoms with E-state index in [4.69, 9.17) is 14.2 Å². The molecule has 0 aromatic carbocycles. The zero-order valence-corrected chi connectivity index (χ0v) is 45.3. The monoisotopic (exact) mass is 933 g/mol. The first-order chi connectivity index (χ1) is 32.2. The molecule has 0 saturated carbocycles. The number of hydrogen-bond acceptors (Lipinski definition) is 6. The lowest BCUT2D eigenvalue weighted by Gasteiger charge is -2.18. The largest absolute Gasteiger partial charge is 0.462 e. The summed E-state index contributed by atoms with van der Waals surface area (Å²) in [5.74, 6) is 0.822. The molecule has 6 heteroatoms. The minimum Gasteiger partial charge on any atom is -0.462 e. The minimum atomic E-state index is -0.763. The van der Waals surface area contributed by atoms with Crippen molar-refractivity contribution in [1.29, 1.82) is 0 Å². The highest BCUT2D eigenvalue weighted by Gasteiger charge is 2.19. The van der Waals surface area contributed by atoms with Gasteiger partial charge in [-0.15, -0.1) is 0 Å². The van der Waals surface area contributed by atoms with E-state index in [1.54, 1.807) is 0 Å². The number of unbranched alkanes of at least 4 members (excludes halogenated alkanes) is 39. The molecule has 0 aliphatic carbocycles. The van der Waals surface area contributed by atoms with Crippen LogP contribution in [0.3, 0.4) is 0 Å². The van der Waals surface area contributed by atoms with Crippen molar-refractivity contribution in [1.82, 2.24) is 0 Å². The average Bonchev–Trinajstić information content (AvgIpc) is 3.29. The Morgan fingerprint density at radius 3 is 0.742 bits per heavy atom. The van der Waals surface area contributed by atoms with Gasteiger partial charge in [-0.25, -0.2) is 0 Å². The Morgan fingerprint density at radius 2 is 0.500 bits per heavy atom. The molecule has 66 heavy (non-hydrogen) atoms. The van der Waals surface area contributed by atoms with Gasteiger partial charge in [-0.3, -0.25) is 14.4 Å². The van der Waals surface area contributed by atoms with E-state index in [-0.39, 0.29) is 31.1 Å². The molecule has 0 aromatic heterocycles. The van der Waals surface area contributed by atoms with E-state index in [1.807, 2.05) is 0 Å². The summed E-state index contributed by atoms with van der Waals surface area (Å²) in [7, 11) is 0. The van der Waals surface area contributed by atoms with Crippen LogP contribution in [0.1, 0.15) is 336 Å². The fraction of sp³-hybridized carbons (Fsp3) is 0.950. The zero-order valence-electron chi connectivity index (χ0n) is 45.3. The normalized spacial score (nSPS) is 12.0. The van der Waals surface area contributed by atoms with Gasteiger partial charge in [0.2, 0.25) is 0 Å². The number of carbonyl (C=O) groups excluding carboxylic acids is 3. The van der Waals surface area contributed by atoms with Crippen molar-refractivity contribution >= 4 is 17.9 Å². The Kier molecular flexibility index (Phi) is 51.5. The highest BCUT2D eigenvalue weighted by atomic mass is 16.6. The molecule has 0 fully saturated rings. The molecule has 0 aliphatic heterocycles. The number of esters is 3. The first kappa shape index (κ1) is 64.4. The van der Waals surface area contributed by atoms with Gasteiger partial charge in [-0.2, -0.15) is 0 Å². The highest BCUT2D eigenvalue weighted by Crippen LogP contribution is 2.18. The van der Waals surface area contributed by atoms with Gasteiger partial charge in [-0.1, -0.05) is 298 Å². The second-order valence-electron chi connectivity index (χ2n) is 21.6. The average molecular weight is 934 g/mol. The quantitative estimate of drug-likeness (QED) is 0.0343. The van der Waals surface area contributed by atoms with E-state index in [9.17, 15) is 14.4 Å². The van der Waals surface area contributed by atoms with Gasteiger partial charge in [0.05, 0.1) is 0 Å². The van der Waals surface area contributed by atoms with Crippen LogP contribution in [-0.4, -0.2) is 37.2 Å². The molecule has 0 N–H and O–H groups in total. The van der Waals surface area contributed by atoms with Crippen molar-refractivity contribution < 1.29 is 28.6 Å². The molecule has 0 amide bonds. The Labute approximate surface area is 412 Å². The lowest BCUT2D eigenvalue weighted by molar-refractivity contribution is -0.167. The molecule has 0 aliphatic rings. The molecule has 0 spiro atoms. The second-order valence-corrected chi connectivity index (χ2v) is 21.6. The lowest BCUT2D eigenvalue weighted by Crippen LogP contribution is -2.30. The number of carbonyl (C=O) groups is 3. The molecule has 0 saturated heterocycles. The summed E-state index contributed by atoms with van der Waals surface area (Å²) in [6, 6.07) is 0. The third-order valence-corrected chi connectivity index (χ3v) is 13.7. The van der Waals surface area contributed by atoms with Gasteiger partial charge in [-0.05, 0) is 31.1 Å². The van der Waals surface area contributed by atoms with E-state index in [0.717, 1.165) is 69.6 Å². The van der Waals surface area contributed by atoms with Crippen molar-refractivity contribution in [3.05, 3.63) is 0 Å². The topological polar surface area (TPSA) is 78.9 Å². The van der Waals surface area contributed by atoms with Crippen molar-refractivity contribution in [3.8, 4) is 0 Å². The van der Waals surface area contributed by atoms with E-state index in [0.29, 0.717) is 19.3 Å². The Hall–Kier alpha value is -1.59. The van der Waals surface area contributed by atoms with Crippen molar-refractivity contribution in [2.45, 2.75) is 343 Å². The molecule has 0 bridgehead atoms. The highest BCUT2D eigenvalue weighted by molar-refractivity contribution is 5.71. The van der Waals surface area contributed by atoms with E-state index in [1.165, 1.54) is 225 Å². The molecule has 0 unspecified atom stereocenters. The number of rotatable bonds is 54. The third-order valence-electron chi connectivity index (χ3n) is 13.7. The molecule has 1 atom stereocenters. The first-order valence-corrected chi connectivity index (χ1v) is 29.7. The lowest BCUT2D eigenvalue weighted by atomic mass is 10.0. The Bertz CT molecular complexity index is 1010. The summed E-state index contributed by atoms with van der Waals surface area (Å²) >= 11 is 0. The number of ether oxygens (including phenoxy) is 3. The van der Waals surface area contributed by atoms with Crippen LogP contribution in [0.5, 0.6) is 0 Å². The fourth-order valence-electron chi connectivity index (χ4n) is 9.23. The second kappa shape index (κ2) is 52.8. The van der Waals surface area contributed by atoms with E-state index in [2.05, 4.69) is 34.6 Å². The van der Waals surface area contributed by atoms with Crippen molar-refractivity contribution in [2.75, 3.05) is 13.2 Å². The summed E-state index contributed by atoms with van der Waals surface area (Å²) in [6.45, 7) is 11.4. The summed E-state index contributed by atoms with van der Waals surface area (Å²) < 4.78 is 16.9. The van der Waals surface area contributed by atoms with Crippen LogP contribution in [0.4, 0.5) is 0 Å². The maximum atomic E-state index is 12.9. The molecule has 6 nitrogen and oxygen atoms in total. The van der Waals surface area contributed by atoms with Gasteiger partial charge >= 0.3 is 17.9 Å². The molecular formula is C60H116O6. The zero-order chi connectivity index (χ0) is 48.2. The maximum absolute atomic E-state index is 12.9. The van der Waals surface area contributed by atoms with Gasteiger partial charge in [0.15, 0.2) is 6.10 Å². The smallest absolute Gasteiger partial charge is 0.306 e. The Morgan fingerprint density at radius 1 is 0.288 bits per heavy atom. The molecular weight excluding hydrogens is 817 g/mol. The number of hydrogen-bond donors (Lipinski definition) is 0. The SMILES string of the molecule is CCCCCCCCCCCCCCCCCCCCCC(=O)O[C@@H](COC(=O)CCCCCCCCCCCCCCC(C)C)COC(=O)CCCCCCCCCCCCCC(C)C. The van der Waals surface area contributed by atoms with Crippen LogP contribution >= 0.6 is 0 Å². The van der Waals surface area contributed by atoms with Crippen LogP contribution in [0.25, 0.3) is 0 Å². The van der Waals surface area contributed by atoms with Crippen LogP contribution in [-0.2, 0) is 28.6 Å². The van der Waals surface area contributed by atoms with Crippen LogP contribution in [0.15, 0.2) is 0 Å². The van der Waals surface area contributed by atoms with Crippen molar-refractivity contribution in [3.63, 3.8) is 0 Å². The predicted molar refractivity (Wildman–Crippen MR) is 284 cm³/mol. The van der Waals surface area contributed by atoms with Gasteiger partial charge in [0, 0.05) is 19.3 Å². The summed E-state index contributed by atoms with van der Waals surface area (Å²) in [5, 5.41) is 0. The summed E-state index contributed by atoms with van der Waals surface area (Å²) in [4.78, 5) is 38.2. The molecule has 0 radical (unpaired) electrons. The van der Waals surface area contributed by atoms with Gasteiger partial charge in [0.25, 0.3) is 0 Å². The third kappa shape index (κ3) is 53.4. The molecule has 392 valence electrons. The summed E-state index contributed by atoms with van der Waals surface area (Å²) in [6.07, 6.45) is 56.7. The predicted octanol–water partition coefficient (Wildman–Crippen LogP) is 19.7. The maximum Gasteiger partial charge on any atom is 0.306 e. The van der Waals surface area contributed by atoms with Crippen LogP contribution in [0, 0.1) is 11.8 Å². The van der Waals surface area contributed by atoms with Crippen LogP contribution < -0.4 is 0 Å². The molecule has 0 rings (SSSR count). The van der Waals surface area contributed by atoms with Crippen molar-refractivity contribution in [2.24, 2.45) is 11.8 Å². The molecule has 0 heterocycles. The van der Waals surface area contributed by atoms with E-state index >= 15 is 0 Å². The van der Waals surface area contributed by atoms with Gasteiger partial charge < -0.3 is 14.2 Å². The Balaban J connectivity index is 4.29. The minimum absolute atomic E-state index is 0.0628.